The number of nitrogens with zero attached hydrogens (tertiary/aromatic N) is 2. The molecule has 0 fully saturated rings. The fourth-order valence-electron chi connectivity index (χ4n) is 2.41. The monoisotopic (exact) mass is 347 g/mol. The molecule has 110 valence electrons. The predicted molar refractivity (Wildman–Crippen MR) is 86.8 cm³/mol. The van der Waals surface area contributed by atoms with E-state index in [0.717, 1.165) is 40.5 Å². The number of anilines is 1. The maximum Gasteiger partial charge on any atom is 0.133 e. The van der Waals surface area contributed by atoms with E-state index in [2.05, 4.69) is 57.2 Å². The highest BCUT2D eigenvalue weighted by atomic mass is 79.9. The Kier molecular flexibility index (Phi) is 4.10. The summed E-state index contributed by atoms with van der Waals surface area (Å²) in [5.74, 6) is 3.05. The fraction of sp³-hybridized carbons (Fsp3) is 0.375. The first-order valence-electron chi connectivity index (χ1n) is 7.14. The molecule has 4 nitrogen and oxygen atoms in total. The van der Waals surface area contributed by atoms with Crippen LogP contribution in [0.5, 0.6) is 5.75 Å². The molecule has 1 aliphatic heterocycles. The standard InChI is InChI=1S/C16H18BrN3O/c1-10(2)16-18-5-3-14(20-16)19-9-12-8-13(17)7-11-4-6-21-15(11)12/h3,5,7-8,10H,4,6,9H2,1-2H3,(H,18,19,20). The van der Waals surface area contributed by atoms with Crippen LogP contribution >= 0.6 is 15.9 Å². The summed E-state index contributed by atoms with van der Waals surface area (Å²) in [7, 11) is 0. The molecule has 0 spiro atoms. The van der Waals surface area contributed by atoms with Gasteiger partial charge in [-0.05, 0) is 23.8 Å². The number of aromatic nitrogens is 2. The summed E-state index contributed by atoms with van der Waals surface area (Å²) >= 11 is 3.56. The van der Waals surface area contributed by atoms with E-state index in [-0.39, 0.29) is 0 Å². The molecule has 0 radical (unpaired) electrons. The van der Waals surface area contributed by atoms with Gasteiger partial charge in [-0.2, -0.15) is 0 Å². The first kappa shape index (κ1) is 14.3. The van der Waals surface area contributed by atoms with Gasteiger partial charge in [0.25, 0.3) is 0 Å². The molecule has 2 aromatic rings. The highest BCUT2D eigenvalue weighted by Gasteiger charge is 2.17. The Labute approximate surface area is 133 Å². The zero-order chi connectivity index (χ0) is 14.8. The average molecular weight is 348 g/mol. The summed E-state index contributed by atoms with van der Waals surface area (Å²) in [5, 5.41) is 3.36. The highest BCUT2D eigenvalue weighted by Crippen LogP contribution is 2.33. The van der Waals surface area contributed by atoms with Gasteiger partial charge in [0.1, 0.15) is 17.4 Å². The van der Waals surface area contributed by atoms with E-state index in [1.54, 1.807) is 6.20 Å². The quantitative estimate of drug-likeness (QED) is 0.910. The molecule has 1 aromatic heterocycles. The van der Waals surface area contributed by atoms with E-state index in [1.165, 1.54) is 5.56 Å². The van der Waals surface area contributed by atoms with Crippen molar-refractivity contribution in [3.05, 3.63) is 45.8 Å². The van der Waals surface area contributed by atoms with Crippen LogP contribution in [0.4, 0.5) is 5.82 Å². The number of halogens is 1. The van der Waals surface area contributed by atoms with E-state index in [9.17, 15) is 0 Å². The number of nitrogens with one attached hydrogen (secondary N) is 1. The Bertz CT molecular complexity index is 658. The molecule has 0 aliphatic carbocycles. The minimum Gasteiger partial charge on any atom is -0.493 e. The van der Waals surface area contributed by atoms with Gasteiger partial charge < -0.3 is 10.1 Å². The summed E-state index contributed by atoms with van der Waals surface area (Å²) in [4.78, 5) is 8.81. The van der Waals surface area contributed by atoms with Gasteiger partial charge in [-0.3, -0.25) is 0 Å². The van der Waals surface area contributed by atoms with Crippen LogP contribution in [0.25, 0.3) is 0 Å². The Morgan fingerprint density at radius 2 is 2.24 bits per heavy atom. The Hall–Kier alpha value is -1.62. The third-order valence-corrected chi connectivity index (χ3v) is 3.93. The minimum absolute atomic E-state index is 0.324. The van der Waals surface area contributed by atoms with E-state index >= 15 is 0 Å². The molecule has 0 saturated heterocycles. The third-order valence-electron chi connectivity index (χ3n) is 3.48. The molecule has 0 unspecified atom stereocenters. The van der Waals surface area contributed by atoms with Crippen molar-refractivity contribution < 1.29 is 4.74 Å². The number of hydrogen-bond donors (Lipinski definition) is 1. The normalized spacial score (nSPS) is 13.1. The number of rotatable bonds is 4. The van der Waals surface area contributed by atoms with Gasteiger partial charge in [0.2, 0.25) is 0 Å². The van der Waals surface area contributed by atoms with Gasteiger partial charge >= 0.3 is 0 Å². The maximum absolute atomic E-state index is 5.74. The van der Waals surface area contributed by atoms with Crippen molar-refractivity contribution in [1.82, 2.24) is 9.97 Å². The molecule has 3 rings (SSSR count). The molecule has 1 aromatic carbocycles. The fourth-order valence-corrected chi connectivity index (χ4v) is 2.97. The molecule has 2 heterocycles. The van der Waals surface area contributed by atoms with Crippen LogP contribution in [0.1, 0.15) is 36.7 Å². The molecule has 1 N–H and O–H groups in total. The lowest BCUT2D eigenvalue weighted by Crippen LogP contribution is -2.06. The molecule has 5 heteroatoms. The smallest absolute Gasteiger partial charge is 0.133 e. The summed E-state index contributed by atoms with van der Waals surface area (Å²) in [6.45, 7) is 5.64. The Morgan fingerprint density at radius 1 is 1.38 bits per heavy atom. The molecule has 0 amide bonds. The van der Waals surface area contributed by atoms with Gasteiger partial charge in [0.05, 0.1) is 6.61 Å². The molecular formula is C16H18BrN3O. The van der Waals surface area contributed by atoms with Crippen molar-refractivity contribution in [1.29, 1.82) is 0 Å². The van der Waals surface area contributed by atoms with Gasteiger partial charge in [-0.15, -0.1) is 0 Å². The van der Waals surface area contributed by atoms with Gasteiger partial charge in [-0.25, -0.2) is 9.97 Å². The second kappa shape index (κ2) is 6.02. The van der Waals surface area contributed by atoms with Crippen molar-refractivity contribution in [2.75, 3.05) is 11.9 Å². The van der Waals surface area contributed by atoms with E-state index in [4.69, 9.17) is 4.74 Å². The number of ether oxygens (including phenoxy) is 1. The van der Waals surface area contributed by atoms with Crippen molar-refractivity contribution >= 4 is 21.7 Å². The van der Waals surface area contributed by atoms with Crippen LogP contribution in [0, 0.1) is 0 Å². The van der Waals surface area contributed by atoms with Crippen LogP contribution in [0.15, 0.2) is 28.9 Å². The predicted octanol–water partition coefficient (Wildman–Crippen LogP) is 3.91. The lowest BCUT2D eigenvalue weighted by molar-refractivity contribution is 0.354. The highest BCUT2D eigenvalue weighted by molar-refractivity contribution is 9.10. The number of hydrogen-bond acceptors (Lipinski definition) is 4. The van der Waals surface area contributed by atoms with Crippen molar-refractivity contribution in [3.63, 3.8) is 0 Å². The lowest BCUT2D eigenvalue weighted by atomic mass is 10.1. The van der Waals surface area contributed by atoms with Crippen LogP contribution < -0.4 is 10.1 Å². The van der Waals surface area contributed by atoms with Crippen molar-refractivity contribution in [2.45, 2.75) is 32.7 Å². The molecule has 21 heavy (non-hydrogen) atoms. The SMILES string of the molecule is CC(C)c1nccc(NCc2cc(Br)cc3c2OCC3)n1. The second-order valence-corrected chi connectivity index (χ2v) is 6.38. The minimum atomic E-state index is 0.324. The van der Waals surface area contributed by atoms with Crippen LogP contribution in [-0.2, 0) is 13.0 Å². The largest absolute Gasteiger partial charge is 0.493 e. The molecule has 0 bridgehead atoms. The van der Waals surface area contributed by atoms with Crippen LogP contribution in [0.3, 0.4) is 0 Å². The summed E-state index contributed by atoms with van der Waals surface area (Å²) < 4.78 is 6.83. The van der Waals surface area contributed by atoms with Crippen molar-refractivity contribution in [2.24, 2.45) is 0 Å². The summed E-state index contributed by atoms with van der Waals surface area (Å²) in [5.41, 5.74) is 2.42. The summed E-state index contributed by atoms with van der Waals surface area (Å²) in [6, 6.07) is 6.13. The first-order valence-corrected chi connectivity index (χ1v) is 7.93. The maximum atomic E-state index is 5.74. The van der Waals surface area contributed by atoms with E-state index in [1.807, 2.05) is 6.07 Å². The zero-order valence-electron chi connectivity index (χ0n) is 12.2. The second-order valence-electron chi connectivity index (χ2n) is 5.46. The topological polar surface area (TPSA) is 47.0 Å². The van der Waals surface area contributed by atoms with E-state index in [0.29, 0.717) is 12.5 Å². The van der Waals surface area contributed by atoms with Gasteiger partial charge in [-0.1, -0.05) is 29.8 Å². The average Bonchev–Trinajstić information content (AvgIpc) is 2.93. The third kappa shape index (κ3) is 3.18. The number of fused-ring (bicyclic) bond motifs is 1. The Balaban J connectivity index is 1.78. The zero-order valence-corrected chi connectivity index (χ0v) is 13.8. The molecule has 0 atom stereocenters. The number of benzene rings is 1. The molecular weight excluding hydrogens is 330 g/mol. The lowest BCUT2D eigenvalue weighted by Gasteiger charge is -2.12. The first-order chi connectivity index (χ1) is 10.1. The Morgan fingerprint density at radius 3 is 3.05 bits per heavy atom. The molecule has 0 saturated carbocycles. The van der Waals surface area contributed by atoms with Gasteiger partial charge in [0, 0.05) is 35.1 Å². The van der Waals surface area contributed by atoms with Crippen LogP contribution in [-0.4, -0.2) is 16.6 Å². The van der Waals surface area contributed by atoms with Crippen molar-refractivity contribution in [3.8, 4) is 5.75 Å². The molecule has 1 aliphatic rings. The van der Waals surface area contributed by atoms with Gasteiger partial charge in [0.15, 0.2) is 0 Å². The van der Waals surface area contributed by atoms with Crippen LogP contribution in [0.2, 0.25) is 0 Å². The summed E-state index contributed by atoms with van der Waals surface area (Å²) in [6.07, 6.45) is 2.78. The van der Waals surface area contributed by atoms with E-state index < -0.39 is 0 Å².